The van der Waals surface area contributed by atoms with Crippen LogP contribution in [0, 0.1) is 5.82 Å². The van der Waals surface area contributed by atoms with E-state index >= 15 is 0 Å². The average molecular weight is 452 g/mol. The number of H-pyrrole nitrogens is 1. The molecule has 34 heavy (non-hydrogen) atoms. The van der Waals surface area contributed by atoms with E-state index in [-0.39, 0.29) is 17.1 Å². The summed E-state index contributed by atoms with van der Waals surface area (Å²) in [5.41, 5.74) is 6.93. The zero-order valence-corrected chi connectivity index (χ0v) is 18.4. The Morgan fingerprint density at radius 1 is 0.941 bits per heavy atom. The van der Waals surface area contributed by atoms with Crippen molar-refractivity contribution >= 4 is 0 Å². The first-order valence-corrected chi connectivity index (χ1v) is 11.3. The Hall–Kier alpha value is -4.19. The van der Waals surface area contributed by atoms with Crippen LogP contribution in [-0.2, 0) is 25.7 Å². The second-order valence-electron chi connectivity index (χ2n) is 8.75. The Bertz CT molecular complexity index is 1540. The van der Waals surface area contributed by atoms with Gasteiger partial charge in [-0.25, -0.2) is 9.37 Å². The first-order chi connectivity index (χ1) is 16.6. The number of fused-ring (bicyclic) bond motifs is 5. The highest BCUT2D eigenvalue weighted by Crippen LogP contribution is 2.36. The van der Waals surface area contributed by atoms with Crippen LogP contribution in [-0.4, -0.2) is 19.6 Å². The van der Waals surface area contributed by atoms with Gasteiger partial charge in [0.05, 0.1) is 17.1 Å². The van der Waals surface area contributed by atoms with Gasteiger partial charge in [-0.15, -0.1) is 0 Å². The Labute approximate surface area is 195 Å². The summed E-state index contributed by atoms with van der Waals surface area (Å²) in [5.74, 6) is 0.563. The summed E-state index contributed by atoms with van der Waals surface area (Å²) in [6, 6.07) is 21.6. The number of imidazole rings is 1. The summed E-state index contributed by atoms with van der Waals surface area (Å²) in [6.45, 7) is 0. The number of phenols is 1. The molecule has 0 amide bonds. The number of aromatic amines is 1. The van der Waals surface area contributed by atoms with Crippen LogP contribution in [0.3, 0.4) is 0 Å². The fraction of sp³-hybridized carbons (Fsp3) is 0.143. The first-order valence-electron chi connectivity index (χ1n) is 11.3. The van der Waals surface area contributed by atoms with E-state index in [0.29, 0.717) is 30.8 Å². The molecule has 2 heterocycles. The van der Waals surface area contributed by atoms with E-state index in [1.807, 2.05) is 24.3 Å². The van der Waals surface area contributed by atoms with Crippen LogP contribution < -0.4 is 5.56 Å². The lowest BCUT2D eigenvalue weighted by Gasteiger charge is -2.25. The maximum absolute atomic E-state index is 13.6. The molecule has 0 fully saturated rings. The molecule has 0 radical (unpaired) electrons. The smallest absolute Gasteiger partial charge is 0.278 e. The van der Waals surface area contributed by atoms with E-state index in [4.69, 9.17) is 4.98 Å². The predicted molar refractivity (Wildman–Crippen MR) is 128 cm³/mol. The van der Waals surface area contributed by atoms with Crippen LogP contribution in [0.2, 0.25) is 0 Å². The fourth-order valence-corrected chi connectivity index (χ4v) is 4.87. The standard InChI is InChI=1S/C28H22FN3O2/c29-20-9-6-18(7-10-20)15-24-28(34)32-25-13-8-19-16-21(33)11-12-22(19)26(25)30-23(27(32)31-24)14-17-4-2-1-3-5-17/h1-7,9-12,16,30,33H,8,13-15H2. The third kappa shape index (κ3) is 3.48. The number of hydrogen-bond donors (Lipinski definition) is 2. The first kappa shape index (κ1) is 20.4. The zero-order valence-electron chi connectivity index (χ0n) is 18.4. The fourth-order valence-electron chi connectivity index (χ4n) is 4.87. The number of phenolic OH excluding ortho intramolecular Hbond substituents is 1. The minimum atomic E-state index is -0.306. The predicted octanol–water partition coefficient (Wildman–Crippen LogP) is 4.79. The zero-order chi connectivity index (χ0) is 23.2. The Morgan fingerprint density at radius 3 is 2.50 bits per heavy atom. The highest BCUT2D eigenvalue weighted by Gasteiger charge is 2.28. The van der Waals surface area contributed by atoms with Gasteiger partial charge in [0.15, 0.2) is 5.82 Å². The SMILES string of the molecule is O=c1c(Cc2ccc(F)cc2)nc2c(Cc3ccccc3)[nH]c3c(n1-2)CCc1cc(O)ccc1-3. The van der Waals surface area contributed by atoms with Crippen molar-refractivity contribution in [2.45, 2.75) is 25.7 Å². The third-order valence-electron chi connectivity index (χ3n) is 6.50. The second kappa shape index (κ2) is 7.99. The number of aryl methyl sites for hydroxylation is 1. The van der Waals surface area contributed by atoms with Crippen molar-refractivity contribution < 1.29 is 9.50 Å². The summed E-state index contributed by atoms with van der Waals surface area (Å²) in [5, 5.41) is 9.96. The molecule has 0 aromatic heterocycles. The molecule has 168 valence electrons. The van der Waals surface area contributed by atoms with Crippen LogP contribution >= 0.6 is 0 Å². The molecular formula is C28H22FN3O2. The van der Waals surface area contributed by atoms with E-state index < -0.39 is 0 Å². The van der Waals surface area contributed by atoms with E-state index in [1.165, 1.54) is 12.1 Å². The van der Waals surface area contributed by atoms with E-state index in [0.717, 1.165) is 45.8 Å². The summed E-state index contributed by atoms with van der Waals surface area (Å²) in [6.07, 6.45) is 2.32. The molecule has 2 aliphatic heterocycles. The van der Waals surface area contributed by atoms with Crippen molar-refractivity contribution in [3.05, 3.63) is 123 Å². The van der Waals surface area contributed by atoms with Crippen molar-refractivity contribution in [2.75, 3.05) is 0 Å². The quantitative estimate of drug-likeness (QED) is 0.413. The van der Waals surface area contributed by atoms with Gasteiger partial charge in [-0.2, -0.15) is 0 Å². The molecule has 6 rings (SSSR count). The van der Waals surface area contributed by atoms with Crippen molar-refractivity contribution in [1.29, 1.82) is 0 Å². The molecule has 0 unspecified atom stereocenters. The number of benzene rings is 3. The average Bonchev–Trinajstić information content (AvgIpc) is 3.17. The van der Waals surface area contributed by atoms with Gasteiger partial charge < -0.3 is 10.1 Å². The minimum absolute atomic E-state index is 0.138. The van der Waals surface area contributed by atoms with Gasteiger partial charge in [-0.3, -0.25) is 9.36 Å². The number of nitrogens with zero attached hydrogens (tertiary/aromatic N) is 2. The van der Waals surface area contributed by atoms with Gasteiger partial charge in [-0.05, 0) is 59.9 Å². The maximum atomic E-state index is 13.6. The lowest BCUT2D eigenvalue weighted by Crippen LogP contribution is -2.25. The Morgan fingerprint density at radius 2 is 1.71 bits per heavy atom. The molecule has 5 nitrogen and oxygen atoms in total. The number of aromatic nitrogens is 3. The lowest BCUT2D eigenvalue weighted by molar-refractivity contribution is 0.474. The molecule has 3 aromatic carbocycles. The molecular weight excluding hydrogens is 429 g/mol. The molecule has 0 spiro atoms. The van der Waals surface area contributed by atoms with Crippen molar-refractivity contribution in [2.24, 2.45) is 0 Å². The van der Waals surface area contributed by atoms with Crippen LogP contribution in [0.25, 0.3) is 17.1 Å². The molecule has 6 heteroatoms. The second-order valence-corrected chi connectivity index (χ2v) is 8.75. The van der Waals surface area contributed by atoms with Gasteiger partial charge in [0.2, 0.25) is 0 Å². The van der Waals surface area contributed by atoms with E-state index in [2.05, 4.69) is 17.1 Å². The van der Waals surface area contributed by atoms with Crippen molar-refractivity contribution in [1.82, 2.24) is 14.5 Å². The van der Waals surface area contributed by atoms with Crippen LogP contribution in [0.1, 0.15) is 33.8 Å². The normalized spacial score (nSPS) is 12.5. The molecule has 0 bridgehead atoms. The highest BCUT2D eigenvalue weighted by atomic mass is 19.1. The van der Waals surface area contributed by atoms with E-state index in [9.17, 15) is 14.3 Å². The third-order valence-corrected chi connectivity index (χ3v) is 6.50. The summed E-state index contributed by atoms with van der Waals surface area (Å²) in [4.78, 5) is 22.0. The summed E-state index contributed by atoms with van der Waals surface area (Å²) in [7, 11) is 0. The van der Waals surface area contributed by atoms with Gasteiger partial charge in [0, 0.05) is 18.4 Å². The Balaban J connectivity index is 1.55. The monoisotopic (exact) mass is 451 g/mol. The molecule has 3 aromatic rings. The van der Waals surface area contributed by atoms with Gasteiger partial charge >= 0.3 is 0 Å². The van der Waals surface area contributed by atoms with Crippen LogP contribution in [0.4, 0.5) is 4.39 Å². The molecule has 0 atom stereocenters. The van der Waals surface area contributed by atoms with Crippen LogP contribution in [0.5, 0.6) is 5.75 Å². The van der Waals surface area contributed by atoms with Crippen molar-refractivity contribution in [3.8, 4) is 22.8 Å². The Kier molecular flexibility index (Phi) is 4.80. The van der Waals surface area contributed by atoms with Crippen LogP contribution in [0.15, 0.2) is 77.6 Å². The largest absolute Gasteiger partial charge is 0.508 e. The molecule has 3 aliphatic rings. The number of nitrogens with one attached hydrogen (secondary N) is 1. The maximum Gasteiger partial charge on any atom is 0.278 e. The van der Waals surface area contributed by atoms with Gasteiger partial charge in [-0.1, -0.05) is 42.5 Å². The highest BCUT2D eigenvalue weighted by molar-refractivity contribution is 5.71. The lowest BCUT2D eigenvalue weighted by atomic mass is 9.91. The molecule has 0 saturated carbocycles. The topological polar surface area (TPSA) is 70.9 Å². The molecule has 0 saturated heterocycles. The summed E-state index contributed by atoms with van der Waals surface area (Å²) >= 11 is 0. The molecule has 2 N–H and O–H groups in total. The number of halogens is 1. The molecule has 1 aliphatic carbocycles. The van der Waals surface area contributed by atoms with E-state index in [1.54, 1.807) is 28.8 Å². The van der Waals surface area contributed by atoms with Crippen molar-refractivity contribution in [3.63, 3.8) is 0 Å². The minimum Gasteiger partial charge on any atom is -0.508 e. The van der Waals surface area contributed by atoms with Gasteiger partial charge in [0.25, 0.3) is 5.56 Å². The number of rotatable bonds is 4. The number of hydrogen-bond acceptors (Lipinski definition) is 3. The summed E-state index contributed by atoms with van der Waals surface area (Å²) < 4.78 is 15.1. The number of aromatic hydroxyl groups is 1. The van der Waals surface area contributed by atoms with Gasteiger partial charge in [0.1, 0.15) is 17.3 Å².